The molecular weight excluding hydrogens is 294 g/mol. The van der Waals surface area contributed by atoms with Crippen LogP contribution in [0.15, 0.2) is 24.3 Å². The van der Waals surface area contributed by atoms with Crippen LogP contribution in [0.2, 0.25) is 0 Å². The van der Waals surface area contributed by atoms with Crippen molar-refractivity contribution in [3.8, 4) is 0 Å². The molecule has 1 aliphatic rings. The Balaban J connectivity index is 2.05. The number of rotatable bonds is 5. The summed E-state index contributed by atoms with van der Waals surface area (Å²) in [5, 5.41) is 11.4. The monoisotopic (exact) mass is 311 g/mol. The van der Waals surface area contributed by atoms with Gasteiger partial charge in [0.15, 0.2) is 9.84 Å². The van der Waals surface area contributed by atoms with Gasteiger partial charge in [-0.1, -0.05) is 18.2 Å². The number of hydrogen-bond acceptors (Lipinski definition) is 4. The fraction of sp³-hybridized carbons (Fsp3) is 0.429. The van der Waals surface area contributed by atoms with Gasteiger partial charge < -0.3 is 10.4 Å². The van der Waals surface area contributed by atoms with Crippen LogP contribution in [0, 0.1) is 5.92 Å². The Labute approximate surface area is 123 Å². The van der Waals surface area contributed by atoms with Gasteiger partial charge in [0.2, 0.25) is 5.91 Å². The van der Waals surface area contributed by atoms with Crippen LogP contribution in [0.4, 0.5) is 5.69 Å². The van der Waals surface area contributed by atoms with E-state index in [0.29, 0.717) is 18.5 Å². The molecule has 1 amide bonds. The number of carbonyl (C=O) groups is 2. The zero-order valence-electron chi connectivity index (χ0n) is 11.4. The molecule has 2 N–H and O–H groups in total. The fourth-order valence-corrected chi connectivity index (χ4v) is 4.08. The molecule has 0 aromatic heterocycles. The molecule has 1 fully saturated rings. The molecule has 1 aliphatic heterocycles. The number of amides is 1. The van der Waals surface area contributed by atoms with Gasteiger partial charge in [0.1, 0.15) is 0 Å². The second kappa shape index (κ2) is 6.26. The van der Waals surface area contributed by atoms with E-state index in [1.807, 2.05) is 0 Å². The van der Waals surface area contributed by atoms with Gasteiger partial charge in [-0.25, -0.2) is 8.42 Å². The van der Waals surface area contributed by atoms with Gasteiger partial charge in [-0.05, 0) is 24.5 Å². The molecule has 0 spiro atoms. The SMILES string of the molecule is O=C(O)CCc1ccccc1NC(=O)C1CCS(=O)(=O)C1. The van der Waals surface area contributed by atoms with E-state index in [-0.39, 0.29) is 23.8 Å². The Kier molecular flexibility index (Phi) is 4.62. The highest BCUT2D eigenvalue weighted by atomic mass is 32.2. The summed E-state index contributed by atoms with van der Waals surface area (Å²) < 4.78 is 22.8. The smallest absolute Gasteiger partial charge is 0.303 e. The van der Waals surface area contributed by atoms with Crippen molar-refractivity contribution in [1.82, 2.24) is 0 Å². The predicted octanol–water partition coefficient (Wildman–Crippen LogP) is 1.08. The van der Waals surface area contributed by atoms with Crippen molar-refractivity contribution in [1.29, 1.82) is 0 Å². The molecule has 1 aromatic rings. The van der Waals surface area contributed by atoms with Crippen LogP contribution in [-0.4, -0.2) is 36.9 Å². The molecule has 0 bridgehead atoms. The van der Waals surface area contributed by atoms with Gasteiger partial charge in [-0.3, -0.25) is 9.59 Å². The quantitative estimate of drug-likeness (QED) is 0.847. The predicted molar refractivity (Wildman–Crippen MR) is 77.8 cm³/mol. The maximum absolute atomic E-state index is 12.1. The minimum absolute atomic E-state index is 0.0231. The first-order chi connectivity index (χ1) is 9.87. The van der Waals surface area contributed by atoms with E-state index < -0.39 is 21.7 Å². The van der Waals surface area contributed by atoms with Crippen LogP contribution in [-0.2, 0) is 25.8 Å². The largest absolute Gasteiger partial charge is 0.481 e. The molecule has 1 aromatic carbocycles. The normalized spacial score (nSPS) is 20.1. The molecule has 1 heterocycles. The minimum atomic E-state index is -3.10. The number of carboxylic acids is 1. The Morgan fingerprint density at radius 2 is 2.00 bits per heavy atom. The molecular formula is C14H17NO5S. The number of anilines is 1. The lowest BCUT2D eigenvalue weighted by Gasteiger charge is -2.13. The van der Waals surface area contributed by atoms with Crippen LogP contribution in [0.25, 0.3) is 0 Å². The first-order valence-electron chi connectivity index (χ1n) is 6.68. The lowest BCUT2D eigenvalue weighted by Crippen LogP contribution is -2.24. The summed E-state index contributed by atoms with van der Waals surface area (Å²) in [4.78, 5) is 22.7. The molecule has 21 heavy (non-hydrogen) atoms. The van der Waals surface area contributed by atoms with Crippen molar-refractivity contribution >= 4 is 27.4 Å². The Hall–Kier alpha value is -1.89. The summed E-state index contributed by atoms with van der Waals surface area (Å²) in [7, 11) is -3.10. The number of sulfone groups is 1. The van der Waals surface area contributed by atoms with Crippen LogP contribution in [0.1, 0.15) is 18.4 Å². The van der Waals surface area contributed by atoms with E-state index in [1.165, 1.54) is 0 Å². The highest BCUT2D eigenvalue weighted by Crippen LogP contribution is 2.22. The van der Waals surface area contributed by atoms with Gasteiger partial charge in [0, 0.05) is 12.1 Å². The van der Waals surface area contributed by atoms with E-state index in [2.05, 4.69) is 5.32 Å². The van der Waals surface area contributed by atoms with Crippen molar-refractivity contribution in [2.45, 2.75) is 19.3 Å². The molecule has 1 atom stereocenters. The third kappa shape index (κ3) is 4.29. The lowest BCUT2D eigenvalue weighted by molar-refractivity contribution is -0.137. The minimum Gasteiger partial charge on any atom is -0.481 e. The van der Waals surface area contributed by atoms with Gasteiger partial charge in [0.05, 0.1) is 17.4 Å². The number of aliphatic carboxylic acids is 1. The van der Waals surface area contributed by atoms with E-state index in [0.717, 1.165) is 5.56 Å². The summed E-state index contributed by atoms with van der Waals surface area (Å²) in [6.07, 6.45) is 0.630. The number of carbonyl (C=O) groups excluding carboxylic acids is 1. The maximum atomic E-state index is 12.1. The highest BCUT2D eigenvalue weighted by Gasteiger charge is 2.33. The summed E-state index contributed by atoms with van der Waals surface area (Å²) in [6, 6.07) is 6.96. The number of nitrogens with one attached hydrogen (secondary N) is 1. The summed E-state index contributed by atoms with van der Waals surface area (Å²) >= 11 is 0. The number of benzene rings is 1. The second-order valence-corrected chi connectivity index (χ2v) is 7.37. The Morgan fingerprint density at radius 1 is 1.29 bits per heavy atom. The van der Waals surface area contributed by atoms with Crippen molar-refractivity contribution in [2.24, 2.45) is 5.92 Å². The van der Waals surface area contributed by atoms with E-state index >= 15 is 0 Å². The number of carboxylic acid groups (broad SMARTS) is 1. The number of aryl methyl sites for hydroxylation is 1. The van der Waals surface area contributed by atoms with Gasteiger partial charge >= 0.3 is 5.97 Å². The van der Waals surface area contributed by atoms with Crippen LogP contribution < -0.4 is 5.32 Å². The van der Waals surface area contributed by atoms with Crippen LogP contribution in [0.5, 0.6) is 0 Å². The first kappa shape index (κ1) is 15.5. The molecule has 0 aliphatic carbocycles. The first-order valence-corrected chi connectivity index (χ1v) is 8.50. The summed E-state index contributed by atoms with van der Waals surface area (Å²) in [5.74, 6) is -1.82. The fourth-order valence-electron chi connectivity index (χ4n) is 2.34. The van der Waals surface area contributed by atoms with Crippen LogP contribution >= 0.6 is 0 Å². The van der Waals surface area contributed by atoms with Crippen molar-refractivity contribution in [3.63, 3.8) is 0 Å². The molecule has 0 saturated carbocycles. The third-order valence-electron chi connectivity index (χ3n) is 3.49. The van der Waals surface area contributed by atoms with Gasteiger partial charge in [-0.2, -0.15) is 0 Å². The highest BCUT2D eigenvalue weighted by molar-refractivity contribution is 7.91. The second-order valence-electron chi connectivity index (χ2n) is 5.14. The average molecular weight is 311 g/mol. The zero-order valence-corrected chi connectivity index (χ0v) is 12.2. The maximum Gasteiger partial charge on any atom is 0.303 e. The van der Waals surface area contributed by atoms with Crippen LogP contribution in [0.3, 0.4) is 0 Å². The molecule has 2 rings (SSSR count). The number of para-hydroxylation sites is 1. The zero-order chi connectivity index (χ0) is 15.5. The van der Waals surface area contributed by atoms with Gasteiger partial charge in [0.25, 0.3) is 0 Å². The van der Waals surface area contributed by atoms with Crippen molar-refractivity contribution < 1.29 is 23.1 Å². The Bertz CT molecular complexity index is 653. The molecule has 1 saturated heterocycles. The summed E-state index contributed by atoms with van der Waals surface area (Å²) in [6.45, 7) is 0. The molecule has 1 unspecified atom stereocenters. The van der Waals surface area contributed by atoms with Crippen molar-refractivity contribution in [3.05, 3.63) is 29.8 Å². The van der Waals surface area contributed by atoms with Gasteiger partial charge in [-0.15, -0.1) is 0 Å². The third-order valence-corrected chi connectivity index (χ3v) is 5.25. The van der Waals surface area contributed by atoms with E-state index in [1.54, 1.807) is 24.3 Å². The average Bonchev–Trinajstić information content (AvgIpc) is 2.78. The molecule has 6 nitrogen and oxygen atoms in total. The lowest BCUT2D eigenvalue weighted by atomic mass is 10.1. The van der Waals surface area contributed by atoms with E-state index in [9.17, 15) is 18.0 Å². The molecule has 7 heteroatoms. The summed E-state index contributed by atoms with van der Waals surface area (Å²) in [5.41, 5.74) is 1.28. The molecule has 114 valence electrons. The Morgan fingerprint density at radius 3 is 2.62 bits per heavy atom. The standard InChI is InChI=1S/C14H17NO5S/c16-13(17)6-5-10-3-1-2-4-12(10)15-14(18)11-7-8-21(19,20)9-11/h1-4,11H,5-9H2,(H,15,18)(H,16,17). The molecule has 0 radical (unpaired) electrons. The number of hydrogen-bond donors (Lipinski definition) is 2. The van der Waals surface area contributed by atoms with E-state index in [4.69, 9.17) is 5.11 Å². The topological polar surface area (TPSA) is 101 Å². The van der Waals surface area contributed by atoms with Crippen molar-refractivity contribution in [2.75, 3.05) is 16.8 Å².